The molecule has 1 saturated carbocycles. The molecular weight excluding hydrogens is 298 g/mol. The van der Waals surface area contributed by atoms with Crippen molar-refractivity contribution < 1.29 is 9.53 Å². The number of piperidine rings is 1. The van der Waals surface area contributed by atoms with Crippen LogP contribution in [0, 0.1) is 5.41 Å². The molecular formula is C16H25N3O2S. The summed E-state index contributed by atoms with van der Waals surface area (Å²) >= 11 is 1.72. The Kier molecular flexibility index (Phi) is 4.80. The van der Waals surface area contributed by atoms with Gasteiger partial charge in [-0.25, -0.2) is 4.98 Å². The van der Waals surface area contributed by atoms with E-state index in [1.165, 1.54) is 11.4 Å². The van der Waals surface area contributed by atoms with Gasteiger partial charge in [0, 0.05) is 37.3 Å². The maximum atomic E-state index is 12.0. The molecule has 1 atom stereocenters. The van der Waals surface area contributed by atoms with E-state index in [-0.39, 0.29) is 12.5 Å². The summed E-state index contributed by atoms with van der Waals surface area (Å²) in [4.78, 5) is 20.8. The van der Waals surface area contributed by atoms with Crippen LogP contribution >= 0.6 is 11.3 Å². The Balaban J connectivity index is 1.47. The van der Waals surface area contributed by atoms with Gasteiger partial charge in [-0.1, -0.05) is 0 Å². The highest BCUT2D eigenvalue weighted by Gasteiger charge is 2.56. The van der Waals surface area contributed by atoms with E-state index in [2.05, 4.69) is 16.9 Å². The lowest BCUT2D eigenvalue weighted by Crippen LogP contribution is -2.42. The van der Waals surface area contributed by atoms with Crippen LogP contribution in [0.3, 0.4) is 0 Å². The molecule has 2 heterocycles. The summed E-state index contributed by atoms with van der Waals surface area (Å²) in [5.41, 5.74) is 0.439. The van der Waals surface area contributed by atoms with Gasteiger partial charge in [-0.15, -0.1) is 11.3 Å². The third-order valence-electron chi connectivity index (χ3n) is 5.09. The summed E-state index contributed by atoms with van der Waals surface area (Å²) in [5.74, 6) is 0.144. The molecule has 1 saturated heterocycles. The Morgan fingerprint density at radius 1 is 1.55 bits per heavy atom. The number of aromatic nitrogens is 1. The van der Waals surface area contributed by atoms with E-state index in [1.54, 1.807) is 11.3 Å². The number of amides is 1. The van der Waals surface area contributed by atoms with Gasteiger partial charge in [0.25, 0.3) is 0 Å². The fraction of sp³-hybridized carbons (Fsp3) is 0.750. The molecule has 1 amide bonds. The molecule has 6 heteroatoms. The number of thiazole rings is 1. The summed E-state index contributed by atoms with van der Waals surface area (Å²) in [5, 5.41) is 3.22. The van der Waals surface area contributed by atoms with Crippen molar-refractivity contribution in [3.05, 3.63) is 16.6 Å². The lowest BCUT2D eigenvalue weighted by Gasteiger charge is -2.34. The first-order valence-electron chi connectivity index (χ1n) is 8.09. The Morgan fingerprint density at radius 2 is 2.32 bits per heavy atom. The van der Waals surface area contributed by atoms with Crippen molar-refractivity contribution >= 4 is 17.2 Å². The molecule has 1 aromatic rings. The minimum absolute atomic E-state index is 0.144. The Bertz CT molecular complexity index is 497. The van der Waals surface area contributed by atoms with Gasteiger partial charge in [0.15, 0.2) is 0 Å². The van der Waals surface area contributed by atoms with Crippen molar-refractivity contribution in [1.82, 2.24) is 14.8 Å². The van der Waals surface area contributed by atoms with Gasteiger partial charge in [0.2, 0.25) is 5.91 Å². The highest BCUT2D eigenvalue weighted by molar-refractivity contribution is 7.09. The molecule has 0 N–H and O–H groups in total. The Hall–Kier alpha value is -0.980. The maximum absolute atomic E-state index is 12.0. The van der Waals surface area contributed by atoms with Crippen molar-refractivity contribution in [3.63, 3.8) is 0 Å². The smallest absolute Gasteiger partial charge is 0.248 e. The van der Waals surface area contributed by atoms with E-state index < -0.39 is 0 Å². The summed E-state index contributed by atoms with van der Waals surface area (Å²) < 4.78 is 5.23. The largest absolute Gasteiger partial charge is 0.372 e. The highest BCUT2D eigenvalue weighted by atomic mass is 32.1. The maximum Gasteiger partial charge on any atom is 0.248 e. The molecule has 122 valence electrons. The van der Waals surface area contributed by atoms with E-state index in [4.69, 9.17) is 4.74 Å². The number of carbonyl (C=O) groups is 1. The molecule has 1 aliphatic heterocycles. The second-order valence-electron chi connectivity index (χ2n) is 6.44. The van der Waals surface area contributed by atoms with Crippen molar-refractivity contribution in [2.75, 3.05) is 33.4 Å². The average molecular weight is 323 g/mol. The number of hydrogen-bond donors (Lipinski definition) is 0. The van der Waals surface area contributed by atoms with Crippen molar-refractivity contribution in [1.29, 1.82) is 0 Å². The van der Waals surface area contributed by atoms with Crippen molar-refractivity contribution in [3.8, 4) is 0 Å². The predicted octanol–water partition coefficient (Wildman–Crippen LogP) is 1.99. The number of nitrogens with zero attached hydrogens (tertiary/aromatic N) is 3. The van der Waals surface area contributed by atoms with Crippen LogP contribution in [0.25, 0.3) is 0 Å². The summed E-state index contributed by atoms with van der Waals surface area (Å²) in [6, 6.07) is 0.653. The second kappa shape index (κ2) is 6.64. The molecule has 22 heavy (non-hydrogen) atoms. The Morgan fingerprint density at radius 3 is 2.95 bits per heavy atom. The first-order chi connectivity index (χ1) is 10.6. The monoisotopic (exact) mass is 323 g/mol. The lowest BCUT2D eigenvalue weighted by molar-refractivity contribution is -0.137. The molecule has 3 rings (SSSR count). The summed E-state index contributed by atoms with van der Waals surface area (Å²) in [7, 11) is 2.20. The van der Waals surface area contributed by atoms with Gasteiger partial charge < -0.3 is 9.64 Å². The van der Waals surface area contributed by atoms with Crippen LogP contribution in [0.2, 0.25) is 0 Å². The summed E-state index contributed by atoms with van der Waals surface area (Å²) in [6.07, 6.45) is 5.39. The van der Waals surface area contributed by atoms with Crippen LogP contribution in [0.1, 0.15) is 31.2 Å². The molecule has 0 unspecified atom stereocenters. The zero-order chi connectivity index (χ0) is 15.6. The van der Waals surface area contributed by atoms with Crippen molar-refractivity contribution in [2.24, 2.45) is 5.41 Å². The first kappa shape index (κ1) is 15.9. The van der Waals surface area contributed by atoms with Crippen LogP contribution in [0.5, 0.6) is 0 Å². The van der Waals surface area contributed by atoms with E-state index in [0.29, 0.717) is 18.1 Å². The van der Waals surface area contributed by atoms with E-state index in [0.717, 1.165) is 32.5 Å². The Labute approximate surface area is 136 Å². The van der Waals surface area contributed by atoms with Gasteiger partial charge in [-0.05, 0) is 38.6 Å². The SMILES string of the molecule is CCOCC(=O)N1CCC2(CC1)C[C@H]2N(C)Cc1nccs1. The topological polar surface area (TPSA) is 45.7 Å². The average Bonchev–Trinajstić information content (AvgIpc) is 2.97. The van der Waals surface area contributed by atoms with Crippen LogP contribution in [0.4, 0.5) is 0 Å². The molecule has 2 aliphatic rings. The minimum Gasteiger partial charge on any atom is -0.372 e. The van der Waals surface area contributed by atoms with Crippen LogP contribution in [-0.2, 0) is 16.1 Å². The molecule has 5 nitrogen and oxygen atoms in total. The van der Waals surface area contributed by atoms with Crippen LogP contribution < -0.4 is 0 Å². The highest BCUT2D eigenvalue weighted by Crippen LogP contribution is 2.56. The van der Waals surface area contributed by atoms with E-state index in [9.17, 15) is 4.79 Å². The third kappa shape index (κ3) is 3.34. The first-order valence-corrected chi connectivity index (χ1v) is 8.97. The third-order valence-corrected chi connectivity index (χ3v) is 5.85. The van der Waals surface area contributed by atoms with E-state index in [1.807, 2.05) is 23.4 Å². The zero-order valence-electron chi connectivity index (χ0n) is 13.5. The van der Waals surface area contributed by atoms with E-state index >= 15 is 0 Å². The molecule has 1 aliphatic carbocycles. The molecule has 0 aromatic carbocycles. The lowest BCUT2D eigenvalue weighted by atomic mass is 9.92. The molecule has 1 spiro atoms. The predicted molar refractivity (Wildman–Crippen MR) is 86.7 cm³/mol. The fourth-order valence-electron chi connectivity index (χ4n) is 3.62. The quantitative estimate of drug-likeness (QED) is 0.803. The minimum atomic E-state index is 0.144. The van der Waals surface area contributed by atoms with Crippen molar-refractivity contribution in [2.45, 2.75) is 38.8 Å². The molecule has 1 aromatic heterocycles. The molecule has 0 radical (unpaired) electrons. The summed E-state index contributed by atoms with van der Waals surface area (Å²) in [6.45, 7) is 5.47. The van der Waals surface area contributed by atoms with Gasteiger partial charge in [-0.2, -0.15) is 0 Å². The van der Waals surface area contributed by atoms with Gasteiger partial charge in [-0.3, -0.25) is 9.69 Å². The second-order valence-corrected chi connectivity index (χ2v) is 7.42. The van der Waals surface area contributed by atoms with Crippen LogP contribution in [0.15, 0.2) is 11.6 Å². The number of likely N-dealkylation sites (tertiary alicyclic amines) is 1. The normalized spacial score (nSPS) is 23.2. The molecule has 2 fully saturated rings. The van der Waals surface area contributed by atoms with Crippen LogP contribution in [-0.4, -0.2) is 60.1 Å². The number of ether oxygens (including phenoxy) is 1. The zero-order valence-corrected chi connectivity index (χ0v) is 14.3. The van der Waals surface area contributed by atoms with Gasteiger partial charge in [0.1, 0.15) is 11.6 Å². The number of carbonyl (C=O) groups excluding carboxylic acids is 1. The molecule has 0 bridgehead atoms. The van der Waals surface area contributed by atoms with Gasteiger partial charge >= 0.3 is 0 Å². The van der Waals surface area contributed by atoms with Gasteiger partial charge in [0.05, 0.1) is 6.54 Å². The number of hydrogen-bond acceptors (Lipinski definition) is 5. The number of rotatable bonds is 6. The fourth-order valence-corrected chi connectivity index (χ4v) is 4.30. The standard InChI is InChI=1S/C16H25N3O2S/c1-3-21-12-15(20)19-7-4-16(5-8-19)10-13(16)18(2)11-14-17-6-9-22-14/h6,9,13H,3-5,7-8,10-12H2,1-2H3/t13-/m1/s1.